The highest BCUT2D eigenvalue weighted by Gasteiger charge is 2.29. The van der Waals surface area contributed by atoms with Gasteiger partial charge in [-0.3, -0.25) is 9.10 Å². The van der Waals surface area contributed by atoms with Crippen LogP contribution in [0.2, 0.25) is 0 Å². The van der Waals surface area contributed by atoms with Gasteiger partial charge in [0.25, 0.3) is 0 Å². The van der Waals surface area contributed by atoms with Crippen molar-refractivity contribution in [3.63, 3.8) is 0 Å². The quantitative estimate of drug-likeness (QED) is 0.312. The zero-order valence-electron chi connectivity index (χ0n) is 23.1. The minimum absolute atomic E-state index is 0.112. The third kappa shape index (κ3) is 7.99. The molecule has 0 radical (unpaired) electrons. The summed E-state index contributed by atoms with van der Waals surface area (Å²) in [6.07, 6.45) is 3.81. The van der Waals surface area contributed by atoms with Crippen molar-refractivity contribution in [1.29, 1.82) is 0 Å². The van der Waals surface area contributed by atoms with Crippen LogP contribution in [-0.4, -0.2) is 65.6 Å². The van der Waals surface area contributed by atoms with Gasteiger partial charge in [-0.15, -0.1) is 0 Å². The number of sulfonamides is 2. The van der Waals surface area contributed by atoms with Crippen LogP contribution in [-0.2, 0) is 24.8 Å². The Balaban J connectivity index is 1.30. The van der Waals surface area contributed by atoms with E-state index in [9.17, 15) is 21.6 Å². The molecule has 41 heavy (non-hydrogen) atoms. The fourth-order valence-corrected chi connectivity index (χ4v) is 7.24. The van der Waals surface area contributed by atoms with Crippen LogP contribution in [0, 0.1) is 0 Å². The number of carbonyl (C=O) groups is 1. The lowest BCUT2D eigenvalue weighted by atomic mass is 10.2. The largest absolute Gasteiger partial charge is 0.492 e. The van der Waals surface area contributed by atoms with E-state index < -0.39 is 32.0 Å². The molecule has 1 N–H and O–H groups in total. The monoisotopic (exact) mass is 601 g/mol. The average molecular weight is 602 g/mol. The maximum absolute atomic E-state index is 12.9. The molecule has 3 aromatic rings. The number of piperidine rings is 1. The fraction of sp³-hybridized carbons (Fsp3) is 0.345. The van der Waals surface area contributed by atoms with Crippen LogP contribution in [0.3, 0.4) is 0 Å². The van der Waals surface area contributed by atoms with Crippen molar-refractivity contribution in [2.75, 3.05) is 36.8 Å². The van der Waals surface area contributed by atoms with E-state index >= 15 is 0 Å². The summed E-state index contributed by atoms with van der Waals surface area (Å²) in [4.78, 5) is 13.1. The van der Waals surface area contributed by atoms with E-state index in [0.29, 0.717) is 36.0 Å². The first-order valence-corrected chi connectivity index (χ1v) is 16.7. The summed E-state index contributed by atoms with van der Waals surface area (Å²) in [6.45, 7) is 2.81. The van der Waals surface area contributed by atoms with Gasteiger partial charge in [-0.25, -0.2) is 16.8 Å². The van der Waals surface area contributed by atoms with Crippen LogP contribution in [0.4, 0.5) is 5.69 Å². The number of carbonyl (C=O) groups excluding carboxylic acids is 1. The lowest BCUT2D eigenvalue weighted by Gasteiger charge is -2.28. The molecule has 3 aromatic carbocycles. The minimum atomic E-state index is -3.78. The number of nitrogens with zero attached hydrogens (tertiary/aromatic N) is 2. The minimum Gasteiger partial charge on any atom is -0.492 e. The molecule has 220 valence electrons. The van der Waals surface area contributed by atoms with E-state index in [2.05, 4.69) is 5.32 Å². The Morgan fingerprint density at radius 2 is 1.44 bits per heavy atom. The molecule has 0 aliphatic carbocycles. The van der Waals surface area contributed by atoms with Crippen LogP contribution in [0.25, 0.3) is 0 Å². The van der Waals surface area contributed by atoms with Crippen LogP contribution in [0.5, 0.6) is 17.2 Å². The molecule has 0 unspecified atom stereocenters. The van der Waals surface area contributed by atoms with Gasteiger partial charge in [0.1, 0.15) is 29.9 Å². The zero-order chi connectivity index (χ0) is 29.5. The summed E-state index contributed by atoms with van der Waals surface area (Å²) >= 11 is 0. The summed E-state index contributed by atoms with van der Waals surface area (Å²) < 4.78 is 64.8. The molecule has 0 aromatic heterocycles. The molecule has 1 saturated heterocycles. The molecule has 0 saturated carbocycles. The molecule has 1 atom stereocenters. The van der Waals surface area contributed by atoms with E-state index in [1.54, 1.807) is 36.4 Å². The van der Waals surface area contributed by atoms with Gasteiger partial charge in [0, 0.05) is 13.1 Å². The zero-order valence-corrected chi connectivity index (χ0v) is 24.7. The summed E-state index contributed by atoms with van der Waals surface area (Å²) in [5, 5.41) is 2.70. The second-order valence-electron chi connectivity index (χ2n) is 9.72. The molecule has 1 aliphatic heterocycles. The number of anilines is 1. The van der Waals surface area contributed by atoms with Gasteiger partial charge in [0.05, 0.1) is 23.4 Å². The Hall–Kier alpha value is -3.61. The lowest BCUT2D eigenvalue weighted by Crippen LogP contribution is -2.48. The highest BCUT2D eigenvalue weighted by molar-refractivity contribution is 7.92. The summed E-state index contributed by atoms with van der Waals surface area (Å²) in [6, 6.07) is 20.8. The van der Waals surface area contributed by atoms with Crippen molar-refractivity contribution >= 4 is 31.6 Å². The maximum atomic E-state index is 12.9. The number of hydrogen-bond acceptors (Lipinski definition) is 7. The van der Waals surface area contributed by atoms with Gasteiger partial charge in [0.15, 0.2) is 0 Å². The summed E-state index contributed by atoms with van der Waals surface area (Å²) in [7, 11) is -7.31. The van der Waals surface area contributed by atoms with Crippen molar-refractivity contribution in [2.24, 2.45) is 0 Å². The number of amides is 1. The van der Waals surface area contributed by atoms with E-state index in [-0.39, 0.29) is 18.0 Å². The summed E-state index contributed by atoms with van der Waals surface area (Å²) in [5.74, 6) is 1.14. The normalized spacial score (nSPS) is 15.1. The maximum Gasteiger partial charge on any atom is 0.243 e. The summed E-state index contributed by atoms with van der Waals surface area (Å²) in [5.41, 5.74) is 0.325. The van der Waals surface area contributed by atoms with Gasteiger partial charge in [-0.2, -0.15) is 4.31 Å². The Kier molecular flexibility index (Phi) is 9.90. The fourth-order valence-electron chi connectivity index (χ4n) is 4.55. The highest BCUT2D eigenvalue weighted by Crippen LogP contribution is 2.27. The number of benzene rings is 3. The molecule has 0 bridgehead atoms. The van der Waals surface area contributed by atoms with E-state index in [1.165, 1.54) is 23.4 Å². The van der Waals surface area contributed by atoms with E-state index in [4.69, 9.17) is 9.47 Å². The predicted octanol–water partition coefficient (Wildman–Crippen LogP) is 4.00. The molecule has 4 rings (SSSR count). The van der Waals surface area contributed by atoms with Gasteiger partial charge in [-0.1, -0.05) is 24.6 Å². The van der Waals surface area contributed by atoms with Gasteiger partial charge >= 0.3 is 0 Å². The van der Waals surface area contributed by atoms with Crippen molar-refractivity contribution in [3.8, 4) is 17.2 Å². The van der Waals surface area contributed by atoms with Crippen LogP contribution in [0.1, 0.15) is 26.2 Å². The van der Waals surface area contributed by atoms with Gasteiger partial charge in [0.2, 0.25) is 26.0 Å². The number of para-hydroxylation sites is 1. The van der Waals surface area contributed by atoms with Gasteiger partial charge in [-0.05, 0) is 80.4 Å². The molecule has 10 nitrogen and oxygen atoms in total. The number of rotatable bonds is 12. The number of ether oxygens (including phenoxy) is 2. The Morgan fingerprint density at radius 3 is 2.05 bits per heavy atom. The predicted molar refractivity (Wildman–Crippen MR) is 157 cm³/mol. The highest BCUT2D eigenvalue weighted by atomic mass is 32.2. The second kappa shape index (κ2) is 13.4. The van der Waals surface area contributed by atoms with Crippen molar-refractivity contribution in [3.05, 3.63) is 78.9 Å². The molecular weight excluding hydrogens is 566 g/mol. The van der Waals surface area contributed by atoms with Crippen molar-refractivity contribution in [2.45, 2.75) is 37.1 Å². The number of nitrogens with one attached hydrogen (secondary N) is 1. The van der Waals surface area contributed by atoms with E-state index in [1.807, 2.05) is 30.3 Å². The molecule has 12 heteroatoms. The molecular formula is C29H35N3O7S2. The van der Waals surface area contributed by atoms with E-state index in [0.717, 1.165) is 29.8 Å². The molecule has 1 amide bonds. The van der Waals surface area contributed by atoms with Gasteiger partial charge < -0.3 is 14.8 Å². The second-order valence-corrected chi connectivity index (χ2v) is 13.5. The van der Waals surface area contributed by atoms with Crippen LogP contribution < -0.4 is 19.1 Å². The smallest absolute Gasteiger partial charge is 0.243 e. The average Bonchev–Trinajstić information content (AvgIpc) is 2.97. The Labute approximate surface area is 242 Å². The Morgan fingerprint density at radius 1 is 0.854 bits per heavy atom. The SMILES string of the molecule is C[C@@H](C(=O)NCCOc1ccc(S(=O)(=O)N2CCCCC2)cc1)N(c1ccc(Oc2ccccc2)cc1)S(C)(=O)=O. The standard InChI is InChI=1S/C29H35N3O7S2/c1-23(32(40(2,34)35)24-11-13-27(14-12-24)39-26-9-5-3-6-10-26)29(33)30-19-22-38-25-15-17-28(18-16-25)41(36,37)31-20-7-4-8-21-31/h3,5-6,9-18,23H,4,7-8,19-22H2,1-2H3,(H,30,33)/t23-/m0/s1. The molecule has 1 heterocycles. The molecule has 1 fully saturated rings. The van der Waals surface area contributed by atoms with Crippen molar-refractivity contribution in [1.82, 2.24) is 9.62 Å². The first-order valence-electron chi connectivity index (χ1n) is 13.4. The van der Waals surface area contributed by atoms with Crippen LogP contribution in [0.15, 0.2) is 83.8 Å². The first kappa shape index (κ1) is 30.4. The molecule has 1 aliphatic rings. The Bertz CT molecular complexity index is 1510. The van der Waals surface area contributed by atoms with Crippen molar-refractivity contribution < 1.29 is 31.1 Å². The third-order valence-electron chi connectivity index (χ3n) is 6.61. The third-order valence-corrected chi connectivity index (χ3v) is 9.76. The lowest BCUT2D eigenvalue weighted by molar-refractivity contribution is -0.121. The topological polar surface area (TPSA) is 122 Å². The number of hydrogen-bond donors (Lipinski definition) is 1. The first-order chi connectivity index (χ1) is 19.6. The van der Waals surface area contributed by atoms with Crippen LogP contribution >= 0.6 is 0 Å². The molecule has 0 spiro atoms.